The molecule has 0 radical (unpaired) electrons. The number of nitrogens with two attached hydrogens (primary N) is 1. The number of hydrogen-bond donors (Lipinski definition) is 10. The maximum Gasteiger partial charge on any atom is 0.230 e. The van der Waals surface area contributed by atoms with E-state index in [9.17, 15) is 40.5 Å². The lowest BCUT2D eigenvalue weighted by atomic mass is 10.1. The second-order valence-electron chi connectivity index (χ2n) is 7.43. The molecule has 0 fully saturated rings. The average Bonchev–Trinajstić information content (AvgIpc) is 3.09. The molecule has 0 aliphatic rings. The molecular weight excluding hydrogens is 468 g/mol. The fraction of sp³-hybridized carbons (Fsp3) is 0.238. The lowest BCUT2D eigenvalue weighted by molar-refractivity contribution is -0.183. The van der Waals surface area contributed by atoms with Gasteiger partial charge >= 0.3 is 0 Å². The van der Waals surface area contributed by atoms with Gasteiger partial charge in [-0.2, -0.15) is 0 Å². The Morgan fingerprint density at radius 3 is 2.18 bits per heavy atom. The number of nitrogens with zero attached hydrogens (tertiary/aromatic N) is 1. The van der Waals surface area contributed by atoms with Crippen molar-refractivity contribution >= 4 is 28.1 Å². The van der Waals surface area contributed by atoms with E-state index < -0.39 is 46.9 Å². The number of nitrogen functional groups attached to an aromatic ring is 1. The van der Waals surface area contributed by atoms with Gasteiger partial charge in [0.25, 0.3) is 0 Å². The lowest BCUT2D eigenvalue weighted by Crippen LogP contribution is -2.47. The minimum Gasteiger partial charge on any atom is -0.504 e. The first-order valence-corrected chi connectivity index (χ1v) is 10.8. The molecule has 11 N–H and O–H groups in total. The van der Waals surface area contributed by atoms with Gasteiger partial charge < -0.3 is 46.8 Å². The number of nitrogens with one attached hydrogen (secondary N) is 2. The second kappa shape index (κ2) is 10.0. The topological polar surface area (TPSA) is 222 Å². The molecule has 3 aromatic rings. The number of aromatic hydroxyl groups is 5. The zero-order valence-electron chi connectivity index (χ0n) is 17.7. The summed E-state index contributed by atoms with van der Waals surface area (Å²) >= 11 is 0.762. The maximum absolute atomic E-state index is 12.2. The first-order valence-electron chi connectivity index (χ1n) is 9.95. The fourth-order valence-corrected chi connectivity index (χ4v) is 3.83. The molecule has 0 spiro atoms. The van der Waals surface area contributed by atoms with Crippen LogP contribution in [0.25, 0.3) is 0 Å². The highest BCUT2D eigenvalue weighted by Gasteiger charge is 2.27. The SMILES string of the molecule is Nc1nc(CC(=O)Nc2c(O)c(O)c(CCNC(O)(O)Cc3ccccc3)c(O)c2O)c(O)s1. The van der Waals surface area contributed by atoms with Gasteiger partial charge in [-0.15, -0.1) is 0 Å². The van der Waals surface area contributed by atoms with Crippen LogP contribution in [0.4, 0.5) is 10.8 Å². The van der Waals surface area contributed by atoms with Crippen molar-refractivity contribution < 1.29 is 40.5 Å². The van der Waals surface area contributed by atoms with E-state index in [1.165, 1.54) is 0 Å². The Bertz CT molecular complexity index is 1150. The Morgan fingerprint density at radius 2 is 1.62 bits per heavy atom. The smallest absolute Gasteiger partial charge is 0.230 e. The van der Waals surface area contributed by atoms with Crippen molar-refractivity contribution in [3.8, 4) is 28.1 Å². The zero-order valence-corrected chi connectivity index (χ0v) is 18.5. The van der Waals surface area contributed by atoms with Crippen molar-refractivity contribution in [2.75, 3.05) is 17.6 Å². The van der Waals surface area contributed by atoms with Crippen LogP contribution in [0, 0.1) is 0 Å². The molecule has 0 atom stereocenters. The molecule has 0 saturated heterocycles. The van der Waals surface area contributed by atoms with Crippen LogP contribution in [0.2, 0.25) is 0 Å². The van der Waals surface area contributed by atoms with Gasteiger partial charge in [0.1, 0.15) is 11.4 Å². The maximum atomic E-state index is 12.2. The summed E-state index contributed by atoms with van der Waals surface area (Å²) in [6.45, 7) is -0.171. The number of thiazole rings is 1. The summed E-state index contributed by atoms with van der Waals surface area (Å²) < 4.78 is 0. The Balaban J connectivity index is 1.69. The minimum absolute atomic E-state index is 0.0258. The van der Waals surface area contributed by atoms with Crippen LogP contribution in [0.15, 0.2) is 30.3 Å². The van der Waals surface area contributed by atoms with E-state index in [4.69, 9.17) is 5.73 Å². The molecule has 0 aliphatic heterocycles. The summed E-state index contributed by atoms with van der Waals surface area (Å²) in [5, 5.41) is 75.4. The van der Waals surface area contributed by atoms with Crippen molar-refractivity contribution in [2.45, 2.75) is 25.2 Å². The highest BCUT2D eigenvalue weighted by atomic mass is 32.1. The van der Waals surface area contributed by atoms with Gasteiger partial charge in [-0.3, -0.25) is 10.1 Å². The number of amides is 1. The van der Waals surface area contributed by atoms with Gasteiger partial charge in [0.15, 0.2) is 33.2 Å². The van der Waals surface area contributed by atoms with Crippen molar-refractivity contribution in [1.82, 2.24) is 10.3 Å². The number of hydrogen-bond acceptors (Lipinski definition) is 12. The predicted molar refractivity (Wildman–Crippen MR) is 123 cm³/mol. The van der Waals surface area contributed by atoms with E-state index in [1.54, 1.807) is 30.3 Å². The zero-order chi connectivity index (χ0) is 25.0. The third-order valence-corrected chi connectivity index (χ3v) is 5.59. The Hall–Kier alpha value is -3.78. The molecule has 12 nitrogen and oxygen atoms in total. The van der Waals surface area contributed by atoms with Gasteiger partial charge in [0, 0.05) is 18.5 Å². The highest BCUT2D eigenvalue weighted by Crippen LogP contribution is 2.50. The number of phenols is 4. The largest absolute Gasteiger partial charge is 0.504 e. The Labute approximate surface area is 197 Å². The third-order valence-electron chi connectivity index (χ3n) is 4.86. The Morgan fingerprint density at radius 1 is 1.00 bits per heavy atom. The number of aliphatic hydroxyl groups is 2. The number of carbonyl (C=O) groups is 1. The first-order chi connectivity index (χ1) is 16.0. The summed E-state index contributed by atoms with van der Waals surface area (Å²) in [5.74, 6) is -6.59. The number of aromatic nitrogens is 1. The van der Waals surface area contributed by atoms with Crippen molar-refractivity contribution in [3.05, 3.63) is 47.2 Å². The average molecular weight is 493 g/mol. The molecule has 0 bridgehead atoms. The summed E-state index contributed by atoms with van der Waals surface area (Å²) in [6.07, 6.45) is -0.827. The number of rotatable bonds is 9. The first kappa shape index (κ1) is 24.9. The molecule has 182 valence electrons. The van der Waals surface area contributed by atoms with E-state index in [0.29, 0.717) is 5.56 Å². The van der Waals surface area contributed by atoms with Crippen LogP contribution < -0.4 is 16.4 Å². The van der Waals surface area contributed by atoms with Crippen LogP contribution in [-0.2, 0) is 24.1 Å². The molecule has 1 aromatic heterocycles. The van der Waals surface area contributed by atoms with Crippen LogP contribution in [0.3, 0.4) is 0 Å². The molecule has 0 unspecified atom stereocenters. The monoisotopic (exact) mass is 492 g/mol. The van der Waals surface area contributed by atoms with Crippen LogP contribution in [-0.4, -0.2) is 59.1 Å². The molecule has 13 heteroatoms. The summed E-state index contributed by atoms with van der Waals surface area (Å²) in [7, 11) is 0. The van der Waals surface area contributed by atoms with Gasteiger partial charge in [0.2, 0.25) is 11.8 Å². The molecule has 0 aliphatic carbocycles. The second-order valence-corrected chi connectivity index (χ2v) is 8.44. The van der Waals surface area contributed by atoms with Crippen molar-refractivity contribution in [2.24, 2.45) is 0 Å². The molecule has 1 heterocycles. The summed E-state index contributed by atoms with van der Waals surface area (Å²) in [5.41, 5.74) is 5.13. The van der Waals surface area contributed by atoms with E-state index >= 15 is 0 Å². The molecule has 3 rings (SSSR count). The predicted octanol–water partition coefficient (Wildman–Crippen LogP) is 0.448. The van der Waals surface area contributed by atoms with E-state index in [2.05, 4.69) is 15.6 Å². The quantitative estimate of drug-likeness (QED) is 0.112. The van der Waals surface area contributed by atoms with Crippen LogP contribution >= 0.6 is 11.3 Å². The van der Waals surface area contributed by atoms with Gasteiger partial charge in [0.05, 0.1) is 6.42 Å². The van der Waals surface area contributed by atoms with E-state index in [0.717, 1.165) is 11.3 Å². The fourth-order valence-electron chi connectivity index (χ4n) is 3.25. The molecule has 34 heavy (non-hydrogen) atoms. The van der Waals surface area contributed by atoms with E-state index in [1.807, 2.05) is 0 Å². The minimum atomic E-state index is -2.30. The number of benzene rings is 2. The van der Waals surface area contributed by atoms with E-state index in [-0.39, 0.29) is 40.8 Å². The summed E-state index contributed by atoms with van der Waals surface area (Å²) in [4.78, 5) is 16.0. The van der Waals surface area contributed by atoms with Crippen molar-refractivity contribution in [1.29, 1.82) is 0 Å². The summed E-state index contributed by atoms with van der Waals surface area (Å²) in [6, 6.07) is 8.66. The highest BCUT2D eigenvalue weighted by molar-refractivity contribution is 7.17. The van der Waals surface area contributed by atoms with Crippen LogP contribution in [0.5, 0.6) is 28.1 Å². The number of carbonyl (C=O) groups excluding carboxylic acids is 1. The standard InChI is InChI=1S/C21H24N4O8S/c22-20-24-12(19(31)34-20)8-13(26)25-14-17(29)15(27)11(16(28)18(14)30)6-7-23-21(32,33)9-10-4-2-1-3-5-10/h1-5,23,27-33H,6-9H2,(H2,22,24)(H,25,26). The number of anilines is 2. The van der Waals surface area contributed by atoms with Gasteiger partial charge in [-0.25, -0.2) is 4.98 Å². The third kappa shape index (κ3) is 5.77. The van der Waals surface area contributed by atoms with Gasteiger partial charge in [-0.05, 0) is 12.0 Å². The Kier molecular flexibility index (Phi) is 7.32. The molecule has 1 amide bonds. The van der Waals surface area contributed by atoms with Gasteiger partial charge in [-0.1, -0.05) is 41.7 Å². The number of phenolic OH excluding ortho intramolecular Hbond substituents is 4. The molecular formula is C21H24N4O8S. The lowest BCUT2D eigenvalue weighted by Gasteiger charge is -2.23. The van der Waals surface area contributed by atoms with Crippen LogP contribution in [0.1, 0.15) is 16.8 Å². The normalized spacial score (nSPS) is 11.5. The molecule has 2 aromatic carbocycles. The van der Waals surface area contributed by atoms with Crippen molar-refractivity contribution in [3.63, 3.8) is 0 Å². The molecule has 0 saturated carbocycles.